The molecule has 3 aromatic rings. The quantitative estimate of drug-likeness (QED) is 0.635. The molecule has 0 bridgehead atoms. The highest BCUT2D eigenvalue weighted by Gasteiger charge is 2.34. The smallest absolute Gasteiger partial charge is 0.258 e. The number of carbonyl (C=O) groups excluding carboxylic acids is 3. The second-order valence-electron chi connectivity index (χ2n) is 8.49. The molecule has 0 aromatic heterocycles. The van der Waals surface area contributed by atoms with Crippen LogP contribution >= 0.6 is 0 Å². The fourth-order valence-corrected chi connectivity index (χ4v) is 4.58. The third kappa shape index (κ3) is 4.30. The lowest BCUT2D eigenvalue weighted by molar-refractivity contribution is -0.116. The van der Waals surface area contributed by atoms with E-state index in [9.17, 15) is 14.4 Å². The van der Waals surface area contributed by atoms with E-state index in [4.69, 9.17) is 0 Å². The van der Waals surface area contributed by atoms with Gasteiger partial charge in [0.1, 0.15) is 0 Å². The van der Waals surface area contributed by atoms with E-state index in [0.717, 1.165) is 18.7 Å². The van der Waals surface area contributed by atoms with Crippen molar-refractivity contribution in [3.8, 4) is 0 Å². The Balaban J connectivity index is 1.59. The number of nitrogens with zero attached hydrogens (tertiary/aromatic N) is 2. The van der Waals surface area contributed by atoms with Crippen LogP contribution in [0.4, 0.5) is 11.4 Å². The largest absolute Gasteiger partial charge is 0.336 e. The first-order chi connectivity index (χ1) is 16.6. The number of rotatable bonds is 3. The Morgan fingerprint density at radius 2 is 1.47 bits per heavy atom. The lowest BCUT2D eigenvalue weighted by Gasteiger charge is -2.31. The molecule has 1 fully saturated rings. The van der Waals surface area contributed by atoms with E-state index < -0.39 is 6.04 Å². The van der Waals surface area contributed by atoms with Gasteiger partial charge in [-0.15, -0.1) is 0 Å². The third-order valence-corrected chi connectivity index (χ3v) is 6.30. The minimum absolute atomic E-state index is 0.0802. The molecule has 0 radical (unpaired) electrons. The van der Waals surface area contributed by atoms with Crippen LogP contribution in [0.25, 0.3) is 0 Å². The number of amides is 3. The number of hydrogen-bond acceptors (Lipinski definition) is 4. The third-order valence-electron chi connectivity index (χ3n) is 6.30. The molecule has 2 aliphatic heterocycles. The number of fused-ring (bicyclic) bond motifs is 1. The van der Waals surface area contributed by atoms with Gasteiger partial charge in [-0.25, -0.2) is 0 Å². The van der Waals surface area contributed by atoms with Gasteiger partial charge in [0.2, 0.25) is 5.91 Å². The average Bonchev–Trinajstić information content (AvgIpc) is 3.04. The summed E-state index contributed by atoms with van der Waals surface area (Å²) in [5.74, 6) is -0.484. The van der Waals surface area contributed by atoms with E-state index in [-0.39, 0.29) is 24.1 Å². The van der Waals surface area contributed by atoms with Gasteiger partial charge in [0.15, 0.2) is 0 Å². The van der Waals surface area contributed by atoms with Crippen LogP contribution < -0.4 is 15.5 Å². The maximum absolute atomic E-state index is 13.8. The number of nitrogens with one attached hydrogen (secondary N) is 2. The number of benzene rings is 3. The van der Waals surface area contributed by atoms with E-state index >= 15 is 0 Å². The van der Waals surface area contributed by atoms with Crippen molar-refractivity contribution in [3.63, 3.8) is 0 Å². The maximum Gasteiger partial charge on any atom is 0.258 e. The fourth-order valence-electron chi connectivity index (χ4n) is 4.58. The molecule has 2 heterocycles. The standard InChI is InChI=1S/C27H26N4O3/c32-25-18-24(19-7-3-1-4-8-19)31(27(34)20-9-5-2-6-10-20)23-12-11-21(17-22(23)29-25)26(33)30-15-13-28-14-16-30/h1-12,17,24,28H,13-16,18H2,(H,29,32). The van der Waals surface area contributed by atoms with Gasteiger partial charge in [-0.05, 0) is 35.9 Å². The molecule has 0 spiro atoms. The second-order valence-corrected chi connectivity index (χ2v) is 8.49. The van der Waals surface area contributed by atoms with Gasteiger partial charge < -0.3 is 15.5 Å². The number of piperazine rings is 1. The zero-order valence-corrected chi connectivity index (χ0v) is 18.7. The monoisotopic (exact) mass is 454 g/mol. The summed E-state index contributed by atoms with van der Waals surface area (Å²) in [5, 5.41) is 6.18. The van der Waals surface area contributed by atoms with Crippen molar-refractivity contribution >= 4 is 29.1 Å². The lowest BCUT2D eigenvalue weighted by Crippen LogP contribution is -2.46. The van der Waals surface area contributed by atoms with Crippen molar-refractivity contribution in [1.29, 1.82) is 0 Å². The van der Waals surface area contributed by atoms with Crippen LogP contribution in [0.1, 0.15) is 38.7 Å². The average molecular weight is 455 g/mol. The van der Waals surface area contributed by atoms with Gasteiger partial charge in [0.05, 0.1) is 23.8 Å². The zero-order chi connectivity index (χ0) is 23.5. The van der Waals surface area contributed by atoms with Gasteiger partial charge in [-0.1, -0.05) is 48.5 Å². The summed E-state index contributed by atoms with van der Waals surface area (Å²) in [7, 11) is 0. The van der Waals surface area contributed by atoms with E-state index in [1.807, 2.05) is 48.5 Å². The van der Waals surface area contributed by atoms with Crippen molar-refractivity contribution in [2.45, 2.75) is 12.5 Å². The Kier molecular flexibility index (Phi) is 6.10. The van der Waals surface area contributed by atoms with E-state index in [0.29, 0.717) is 35.6 Å². The molecule has 172 valence electrons. The molecule has 34 heavy (non-hydrogen) atoms. The molecular weight excluding hydrogens is 428 g/mol. The molecule has 0 saturated carbocycles. The first kappa shape index (κ1) is 21.9. The van der Waals surface area contributed by atoms with Crippen LogP contribution in [0.15, 0.2) is 78.9 Å². The SMILES string of the molecule is O=C1CC(c2ccccc2)N(C(=O)c2ccccc2)c2ccc(C(=O)N3CCNCC3)cc2N1. The Morgan fingerprint density at radius 1 is 0.794 bits per heavy atom. The van der Waals surface area contributed by atoms with Crippen molar-refractivity contribution < 1.29 is 14.4 Å². The summed E-state index contributed by atoms with van der Waals surface area (Å²) in [6.45, 7) is 2.78. The van der Waals surface area contributed by atoms with Crippen molar-refractivity contribution in [3.05, 3.63) is 95.6 Å². The van der Waals surface area contributed by atoms with E-state index in [1.165, 1.54) is 0 Å². The summed E-state index contributed by atoms with van der Waals surface area (Å²) < 4.78 is 0. The first-order valence-electron chi connectivity index (χ1n) is 11.5. The topological polar surface area (TPSA) is 81.8 Å². The lowest BCUT2D eigenvalue weighted by atomic mass is 10.00. The van der Waals surface area contributed by atoms with Gasteiger partial charge in [0, 0.05) is 37.3 Å². The normalized spacial score (nSPS) is 18.0. The summed E-state index contributed by atoms with van der Waals surface area (Å²) in [4.78, 5) is 43.3. The van der Waals surface area contributed by atoms with E-state index in [1.54, 1.807) is 40.1 Å². The zero-order valence-electron chi connectivity index (χ0n) is 18.7. The van der Waals surface area contributed by atoms with Crippen LogP contribution in [0.2, 0.25) is 0 Å². The Bertz CT molecular complexity index is 1210. The molecule has 1 unspecified atom stereocenters. The highest BCUT2D eigenvalue weighted by Crippen LogP contribution is 2.39. The summed E-state index contributed by atoms with van der Waals surface area (Å²) in [6.07, 6.45) is 0.109. The van der Waals surface area contributed by atoms with Crippen LogP contribution in [0.3, 0.4) is 0 Å². The van der Waals surface area contributed by atoms with Crippen LogP contribution in [0, 0.1) is 0 Å². The summed E-state index contributed by atoms with van der Waals surface area (Å²) >= 11 is 0. The number of carbonyl (C=O) groups is 3. The Morgan fingerprint density at radius 3 is 2.18 bits per heavy atom. The van der Waals surface area contributed by atoms with Crippen molar-refractivity contribution in [2.24, 2.45) is 0 Å². The van der Waals surface area contributed by atoms with Crippen LogP contribution in [-0.2, 0) is 4.79 Å². The van der Waals surface area contributed by atoms with Crippen molar-refractivity contribution in [1.82, 2.24) is 10.2 Å². The molecule has 5 rings (SSSR count). The maximum atomic E-state index is 13.8. The summed E-state index contributed by atoms with van der Waals surface area (Å²) in [5.41, 5.74) is 2.94. The minimum atomic E-state index is -0.482. The molecule has 7 heteroatoms. The molecular formula is C27H26N4O3. The molecule has 1 saturated heterocycles. The molecule has 2 N–H and O–H groups in total. The van der Waals surface area contributed by atoms with Crippen LogP contribution in [0.5, 0.6) is 0 Å². The molecule has 0 aliphatic carbocycles. The second kappa shape index (κ2) is 9.49. The molecule has 3 amide bonds. The molecule has 2 aliphatic rings. The predicted molar refractivity (Wildman–Crippen MR) is 131 cm³/mol. The van der Waals surface area contributed by atoms with Gasteiger partial charge in [-0.2, -0.15) is 0 Å². The molecule has 7 nitrogen and oxygen atoms in total. The van der Waals surface area contributed by atoms with Gasteiger partial charge in [-0.3, -0.25) is 19.3 Å². The summed E-state index contributed by atoms with van der Waals surface area (Å²) in [6, 6.07) is 23.3. The Hall–Kier alpha value is -3.97. The van der Waals surface area contributed by atoms with E-state index in [2.05, 4.69) is 10.6 Å². The Labute approximate surface area is 198 Å². The fraction of sp³-hybridized carbons (Fsp3) is 0.222. The first-order valence-corrected chi connectivity index (χ1v) is 11.5. The molecule has 1 atom stereocenters. The highest BCUT2D eigenvalue weighted by molar-refractivity contribution is 6.12. The highest BCUT2D eigenvalue weighted by atomic mass is 16.2. The predicted octanol–water partition coefficient (Wildman–Crippen LogP) is 3.46. The molecule has 3 aromatic carbocycles. The van der Waals surface area contributed by atoms with Gasteiger partial charge in [0.25, 0.3) is 11.8 Å². The minimum Gasteiger partial charge on any atom is -0.336 e. The number of hydrogen-bond donors (Lipinski definition) is 2. The number of anilines is 2. The van der Waals surface area contributed by atoms with Crippen LogP contribution in [-0.4, -0.2) is 48.8 Å². The van der Waals surface area contributed by atoms with Crippen molar-refractivity contribution in [2.75, 3.05) is 36.4 Å². The van der Waals surface area contributed by atoms with Gasteiger partial charge >= 0.3 is 0 Å².